The zero-order valence-corrected chi connectivity index (χ0v) is 16.0. The van der Waals surface area contributed by atoms with Crippen molar-refractivity contribution in [3.63, 3.8) is 0 Å². The third kappa shape index (κ3) is 3.96. The smallest absolute Gasteiger partial charge is 0.175 e. The molecule has 1 aliphatic rings. The van der Waals surface area contributed by atoms with E-state index in [-0.39, 0.29) is 6.10 Å². The molecule has 3 aromatic rings. The molecule has 140 valence electrons. The lowest BCUT2D eigenvalue weighted by Crippen LogP contribution is -2.17. The van der Waals surface area contributed by atoms with Crippen molar-refractivity contribution in [3.8, 4) is 0 Å². The quantitative estimate of drug-likeness (QED) is 0.741. The largest absolute Gasteiger partial charge is 0.374 e. The first-order valence-corrected chi connectivity index (χ1v) is 11.0. The number of nitrogens with one attached hydrogen (secondary N) is 1. The Balaban J connectivity index is 1.79. The molecule has 1 N–H and O–H groups in total. The van der Waals surface area contributed by atoms with Crippen molar-refractivity contribution in [3.05, 3.63) is 66.0 Å². The standard InChI is InChI=1S/C21H22N2O3S/c1-27(24,25)18-9-7-15(8-10-18)19(14-17-6-2-3-12-26-17)20-13-16-5-4-11-22-21(16)23-20/h4-5,7-11,13-14,17H,2-3,6,12H2,1H3,(H,22,23). The van der Waals surface area contributed by atoms with Gasteiger partial charge in [-0.15, -0.1) is 0 Å². The lowest BCUT2D eigenvalue weighted by Gasteiger charge is -2.21. The molecular formula is C21H22N2O3S. The highest BCUT2D eigenvalue weighted by molar-refractivity contribution is 7.90. The summed E-state index contributed by atoms with van der Waals surface area (Å²) in [5, 5.41) is 1.04. The Morgan fingerprint density at radius 3 is 2.70 bits per heavy atom. The summed E-state index contributed by atoms with van der Waals surface area (Å²) in [5.74, 6) is 0. The lowest BCUT2D eigenvalue weighted by molar-refractivity contribution is 0.0469. The van der Waals surface area contributed by atoms with E-state index in [0.29, 0.717) is 4.90 Å². The number of hydrogen-bond donors (Lipinski definition) is 1. The van der Waals surface area contributed by atoms with Crippen molar-refractivity contribution < 1.29 is 13.2 Å². The van der Waals surface area contributed by atoms with Crippen LogP contribution in [0.3, 0.4) is 0 Å². The maximum Gasteiger partial charge on any atom is 0.175 e. The second-order valence-electron chi connectivity index (χ2n) is 6.91. The second kappa shape index (κ2) is 7.29. The highest BCUT2D eigenvalue weighted by atomic mass is 32.2. The zero-order valence-electron chi connectivity index (χ0n) is 15.2. The van der Waals surface area contributed by atoms with Gasteiger partial charge >= 0.3 is 0 Å². The van der Waals surface area contributed by atoms with Gasteiger partial charge in [0.15, 0.2) is 9.84 Å². The average molecular weight is 382 g/mol. The fourth-order valence-electron chi connectivity index (χ4n) is 3.41. The number of aromatic amines is 1. The fourth-order valence-corrected chi connectivity index (χ4v) is 4.04. The Hall–Kier alpha value is -2.44. The van der Waals surface area contributed by atoms with Crippen LogP contribution in [0.2, 0.25) is 0 Å². The van der Waals surface area contributed by atoms with E-state index >= 15 is 0 Å². The molecule has 1 aromatic carbocycles. The summed E-state index contributed by atoms with van der Waals surface area (Å²) in [6.07, 6.45) is 8.41. The number of H-pyrrole nitrogens is 1. The monoisotopic (exact) mass is 382 g/mol. The van der Waals surface area contributed by atoms with Gasteiger partial charge in [-0.05, 0) is 61.2 Å². The molecule has 3 heterocycles. The molecule has 1 unspecified atom stereocenters. The summed E-state index contributed by atoms with van der Waals surface area (Å²) in [6, 6.07) is 13.0. The van der Waals surface area contributed by atoms with Crippen LogP contribution in [0, 0.1) is 0 Å². The van der Waals surface area contributed by atoms with E-state index in [2.05, 4.69) is 22.1 Å². The number of rotatable bonds is 4. The maximum atomic E-state index is 11.8. The van der Waals surface area contributed by atoms with E-state index in [1.165, 1.54) is 6.26 Å². The fraction of sp³-hybridized carbons (Fsp3) is 0.286. The maximum absolute atomic E-state index is 11.8. The molecule has 0 aliphatic carbocycles. The van der Waals surface area contributed by atoms with E-state index < -0.39 is 9.84 Å². The Bertz CT molecular complexity index is 1040. The molecule has 6 heteroatoms. The minimum absolute atomic E-state index is 0.0581. The van der Waals surface area contributed by atoms with Crippen molar-refractivity contribution in [1.82, 2.24) is 9.97 Å². The third-order valence-corrected chi connectivity index (χ3v) is 5.97. The minimum atomic E-state index is -3.22. The summed E-state index contributed by atoms with van der Waals surface area (Å²) in [6.45, 7) is 0.774. The summed E-state index contributed by atoms with van der Waals surface area (Å²) < 4.78 is 29.4. The van der Waals surface area contributed by atoms with Crippen LogP contribution in [0.15, 0.2) is 59.6 Å². The van der Waals surface area contributed by atoms with Crippen LogP contribution < -0.4 is 0 Å². The molecule has 0 bridgehead atoms. The third-order valence-electron chi connectivity index (χ3n) is 4.84. The van der Waals surface area contributed by atoms with E-state index in [9.17, 15) is 8.42 Å². The average Bonchev–Trinajstić information content (AvgIpc) is 3.10. The van der Waals surface area contributed by atoms with E-state index in [0.717, 1.165) is 53.7 Å². The molecule has 5 nitrogen and oxygen atoms in total. The van der Waals surface area contributed by atoms with Gasteiger partial charge in [-0.25, -0.2) is 13.4 Å². The second-order valence-corrected chi connectivity index (χ2v) is 8.92. The molecule has 0 radical (unpaired) electrons. The van der Waals surface area contributed by atoms with Gasteiger partial charge in [0.2, 0.25) is 0 Å². The Labute approximate surface area is 159 Å². The molecule has 4 rings (SSSR count). The highest BCUT2D eigenvalue weighted by Gasteiger charge is 2.16. The number of benzene rings is 1. The molecule has 0 amide bonds. The molecule has 0 spiro atoms. The SMILES string of the molecule is CS(=O)(=O)c1ccc(C(=CC2CCCCO2)c2cc3cccnc3[nH]2)cc1. The van der Waals surface area contributed by atoms with Crippen molar-refractivity contribution in [1.29, 1.82) is 0 Å². The molecule has 1 saturated heterocycles. The van der Waals surface area contributed by atoms with Gasteiger partial charge in [0.05, 0.1) is 11.0 Å². The van der Waals surface area contributed by atoms with Crippen LogP contribution in [0.25, 0.3) is 16.6 Å². The molecule has 1 fully saturated rings. The van der Waals surface area contributed by atoms with Crippen molar-refractivity contribution >= 4 is 26.4 Å². The van der Waals surface area contributed by atoms with Crippen LogP contribution in [0.5, 0.6) is 0 Å². The first-order valence-electron chi connectivity index (χ1n) is 9.09. The topological polar surface area (TPSA) is 72.1 Å². The van der Waals surface area contributed by atoms with Gasteiger partial charge in [-0.2, -0.15) is 0 Å². The highest BCUT2D eigenvalue weighted by Crippen LogP contribution is 2.29. The van der Waals surface area contributed by atoms with Crippen molar-refractivity contribution in [2.75, 3.05) is 12.9 Å². The van der Waals surface area contributed by atoms with Gasteiger partial charge in [-0.1, -0.05) is 12.1 Å². The van der Waals surface area contributed by atoms with Crippen LogP contribution in [-0.2, 0) is 14.6 Å². The zero-order chi connectivity index (χ0) is 18.9. The Morgan fingerprint density at radius 2 is 2.04 bits per heavy atom. The number of nitrogens with zero attached hydrogens (tertiary/aromatic N) is 1. The summed E-state index contributed by atoms with van der Waals surface area (Å²) in [5.41, 5.74) is 3.73. The van der Waals surface area contributed by atoms with Gasteiger partial charge < -0.3 is 9.72 Å². The first-order chi connectivity index (χ1) is 13.0. The van der Waals surface area contributed by atoms with Crippen LogP contribution in [0.1, 0.15) is 30.5 Å². The van der Waals surface area contributed by atoms with E-state index in [4.69, 9.17) is 4.74 Å². The van der Waals surface area contributed by atoms with Crippen molar-refractivity contribution in [2.24, 2.45) is 0 Å². The Morgan fingerprint density at radius 1 is 1.22 bits per heavy atom. The summed E-state index contributed by atoms with van der Waals surface area (Å²) in [4.78, 5) is 8.07. The predicted octanol–water partition coefficient (Wildman–Crippen LogP) is 3.97. The number of fused-ring (bicyclic) bond motifs is 1. The molecule has 27 heavy (non-hydrogen) atoms. The molecule has 1 atom stereocenters. The van der Waals surface area contributed by atoms with Crippen LogP contribution >= 0.6 is 0 Å². The minimum Gasteiger partial charge on any atom is -0.374 e. The van der Waals surface area contributed by atoms with Gasteiger partial charge in [0, 0.05) is 35.7 Å². The molecule has 0 saturated carbocycles. The van der Waals surface area contributed by atoms with Crippen LogP contribution in [-0.4, -0.2) is 37.4 Å². The molecule has 2 aromatic heterocycles. The van der Waals surface area contributed by atoms with E-state index in [1.54, 1.807) is 18.3 Å². The number of ether oxygens (including phenoxy) is 1. The van der Waals surface area contributed by atoms with Gasteiger partial charge in [0.1, 0.15) is 5.65 Å². The number of sulfone groups is 1. The summed E-state index contributed by atoms with van der Waals surface area (Å²) in [7, 11) is -3.22. The molecule has 1 aliphatic heterocycles. The number of hydrogen-bond acceptors (Lipinski definition) is 4. The first kappa shape index (κ1) is 17.9. The number of aromatic nitrogens is 2. The summed E-state index contributed by atoms with van der Waals surface area (Å²) >= 11 is 0. The van der Waals surface area contributed by atoms with Crippen molar-refractivity contribution in [2.45, 2.75) is 30.3 Å². The van der Waals surface area contributed by atoms with E-state index in [1.807, 2.05) is 24.3 Å². The predicted molar refractivity (Wildman–Crippen MR) is 106 cm³/mol. The van der Waals surface area contributed by atoms with Crippen LogP contribution in [0.4, 0.5) is 0 Å². The molecular weight excluding hydrogens is 360 g/mol. The normalized spacial score (nSPS) is 18.7. The van der Waals surface area contributed by atoms with Gasteiger partial charge in [-0.3, -0.25) is 0 Å². The number of pyridine rings is 1. The lowest BCUT2D eigenvalue weighted by atomic mass is 9.98. The Kier molecular flexibility index (Phi) is 4.85. The van der Waals surface area contributed by atoms with Gasteiger partial charge in [0.25, 0.3) is 0 Å².